The minimum Gasteiger partial charge on any atom is -0.494 e. The Balaban J connectivity index is 1.30. The van der Waals surface area contributed by atoms with Gasteiger partial charge >= 0.3 is 0 Å². The topological polar surface area (TPSA) is 59.4 Å². The minimum atomic E-state index is -0.343. The SMILES string of the molecule is COc1ccc(CN2CCC(NC(=O)c3ccc(-n4nc(C)c(Cl)c4C)cc3)CC2)cc1F. The van der Waals surface area contributed by atoms with Crippen molar-refractivity contribution in [2.75, 3.05) is 20.2 Å². The van der Waals surface area contributed by atoms with E-state index in [1.807, 2.05) is 44.2 Å². The zero-order valence-corrected chi connectivity index (χ0v) is 19.8. The number of nitrogens with one attached hydrogen (secondary N) is 1. The summed E-state index contributed by atoms with van der Waals surface area (Å²) in [6, 6.07) is 12.6. The lowest BCUT2D eigenvalue weighted by Gasteiger charge is -2.32. The van der Waals surface area contributed by atoms with Crippen molar-refractivity contribution in [2.24, 2.45) is 0 Å². The molecule has 0 unspecified atom stereocenters. The Hall–Kier alpha value is -2.90. The zero-order valence-electron chi connectivity index (χ0n) is 19.1. The van der Waals surface area contributed by atoms with Gasteiger partial charge in [0.05, 0.1) is 29.2 Å². The molecule has 0 bridgehead atoms. The number of carbonyl (C=O) groups excluding carboxylic acids is 1. The van der Waals surface area contributed by atoms with Crippen LogP contribution in [0.15, 0.2) is 42.5 Å². The molecule has 3 aromatic rings. The van der Waals surface area contributed by atoms with Crippen LogP contribution in [0.4, 0.5) is 4.39 Å². The van der Waals surface area contributed by atoms with Crippen molar-refractivity contribution in [2.45, 2.75) is 39.3 Å². The van der Waals surface area contributed by atoms with E-state index in [0.717, 1.165) is 48.6 Å². The van der Waals surface area contributed by atoms with Crippen LogP contribution in [0.2, 0.25) is 5.02 Å². The third-order valence-corrected chi connectivity index (χ3v) is 6.67. The van der Waals surface area contributed by atoms with Gasteiger partial charge in [-0.2, -0.15) is 5.10 Å². The van der Waals surface area contributed by atoms with Crippen molar-refractivity contribution in [3.63, 3.8) is 0 Å². The maximum absolute atomic E-state index is 13.9. The highest BCUT2D eigenvalue weighted by atomic mass is 35.5. The Kier molecular flexibility index (Phi) is 7.00. The number of benzene rings is 2. The van der Waals surface area contributed by atoms with Crippen molar-refractivity contribution in [3.8, 4) is 11.4 Å². The van der Waals surface area contributed by atoms with Crippen LogP contribution in [0.5, 0.6) is 5.75 Å². The van der Waals surface area contributed by atoms with Crippen molar-refractivity contribution < 1.29 is 13.9 Å². The summed E-state index contributed by atoms with van der Waals surface area (Å²) in [5.74, 6) is -0.167. The lowest BCUT2D eigenvalue weighted by atomic mass is 10.0. The average molecular weight is 471 g/mol. The summed E-state index contributed by atoms with van der Waals surface area (Å²) in [5.41, 5.74) is 4.04. The van der Waals surface area contributed by atoms with Gasteiger partial charge in [-0.15, -0.1) is 0 Å². The maximum atomic E-state index is 13.9. The van der Waals surface area contributed by atoms with Gasteiger partial charge in [-0.3, -0.25) is 9.69 Å². The number of aromatic nitrogens is 2. The molecular weight excluding hydrogens is 443 g/mol. The fourth-order valence-corrected chi connectivity index (χ4v) is 4.32. The van der Waals surface area contributed by atoms with Crippen LogP contribution >= 0.6 is 11.6 Å². The highest BCUT2D eigenvalue weighted by molar-refractivity contribution is 6.31. The van der Waals surface area contributed by atoms with E-state index in [1.54, 1.807) is 10.7 Å². The molecular formula is C25H28ClFN4O2. The number of amides is 1. The van der Waals surface area contributed by atoms with Gasteiger partial charge in [-0.1, -0.05) is 17.7 Å². The van der Waals surface area contributed by atoms with E-state index in [0.29, 0.717) is 17.1 Å². The molecule has 0 atom stereocenters. The Morgan fingerprint density at radius 2 is 1.88 bits per heavy atom. The molecule has 8 heteroatoms. The predicted molar refractivity (Wildman–Crippen MR) is 127 cm³/mol. The number of hydrogen-bond donors (Lipinski definition) is 1. The molecule has 0 saturated carbocycles. The summed E-state index contributed by atoms with van der Waals surface area (Å²) >= 11 is 6.24. The Morgan fingerprint density at radius 3 is 2.45 bits per heavy atom. The molecule has 1 fully saturated rings. The van der Waals surface area contributed by atoms with E-state index >= 15 is 0 Å². The number of carbonyl (C=O) groups is 1. The molecule has 1 saturated heterocycles. The second-order valence-corrected chi connectivity index (χ2v) is 8.81. The number of methoxy groups -OCH3 is 1. The molecule has 2 heterocycles. The second kappa shape index (κ2) is 9.93. The number of aryl methyl sites for hydroxylation is 1. The molecule has 0 aliphatic carbocycles. The van der Waals surface area contributed by atoms with Crippen LogP contribution in [0.3, 0.4) is 0 Å². The zero-order chi connectivity index (χ0) is 23.5. The van der Waals surface area contributed by atoms with Crippen molar-refractivity contribution in [1.82, 2.24) is 20.0 Å². The fraction of sp³-hybridized carbons (Fsp3) is 0.360. The number of likely N-dealkylation sites (tertiary alicyclic amines) is 1. The Morgan fingerprint density at radius 1 is 1.18 bits per heavy atom. The molecule has 0 spiro atoms. The van der Waals surface area contributed by atoms with Crippen molar-refractivity contribution >= 4 is 17.5 Å². The first kappa shape index (κ1) is 23.3. The number of halogens is 2. The van der Waals surface area contributed by atoms with Gasteiger partial charge in [0.1, 0.15) is 0 Å². The van der Waals surface area contributed by atoms with Crippen LogP contribution < -0.4 is 10.1 Å². The van der Waals surface area contributed by atoms with E-state index in [2.05, 4.69) is 15.3 Å². The highest BCUT2D eigenvalue weighted by Gasteiger charge is 2.22. The lowest BCUT2D eigenvalue weighted by Crippen LogP contribution is -2.44. The molecule has 1 aliphatic heterocycles. The summed E-state index contributed by atoms with van der Waals surface area (Å²) in [5, 5.41) is 8.25. The van der Waals surface area contributed by atoms with Crippen LogP contribution in [0, 0.1) is 19.7 Å². The van der Waals surface area contributed by atoms with Gasteiger partial charge < -0.3 is 10.1 Å². The van der Waals surface area contributed by atoms with Gasteiger partial charge in [0.25, 0.3) is 5.91 Å². The molecule has 1 aromatic heterocycles. The van der Waals surface area contributed by atoms with Crippen LogP contribution in [-0.2, 0) is 6.54 Å². The minimum absolute atomic E-state index is 0.0800. The predicted octanol–water partition coefficient (Wildman–Crippen LogP) is 4.68. The molecule has 1 N–H and O–H groups in total. The fourth-order valence-electron chi connectivity index (χ4n) is 4.20. The van der Waals surface area contributed by atoms with Gasteiger partial charge in [0.15, 0.2) is 11.6 Å². The maximum Gasteiger partial charge on any atom is 0.251 e. The number of piperidine rings is 1. The first-order valence-corrected chi connectivity index (χ1v) is 11.4. The number of rotatable bonds is 6. The third-order valence-electron chi connectivity index (χ3n) is 6.12. The van der Waals surface area contributed by atoms with E-state index < -0.39 is 0 Å². The van der Waals surface area contributed by atoms with E-state index in [1.165, 1.54) is 13.2 Å². The largest absolute Gasteiger partial charge is 0.494 e. The summed E-state index contributed by atoms with van der Waals surface area (Å²) in [4.78, 5) is 15.0. The molecule has 1 amide bonds. The first-order valence-electron chi connectivity index (χ1n) is 11.0. The normalized spacial score (nSPS) is 14.9. The quantitative estimate of drug-likeness (QED) is 0.568. The smallest absolute Gasteiger partial charge is 0.251 e. The average Bonchev–Trinajstić information content (AvgIpc) is 3.08. The van der Waals surface area contributed by atoms with Gasteiger partial charge in [0.2, 0.25) is 0 Å². The number of ether oxygens (including phenoxy) is 1. The van der Waals surface area contributed by atoms with Crippen molar-refractivity contribution in [3.05, 3.63) is 75.8 Å². The number of nitrogens with zero attached hydrogens (tertiary/aromatic N) is 3. The van der Waals surface area contributed by atoms with E-state index in [9.17, 15) is 9.18 Å². The molecule has 174 valence electrons. The molecule has 2 aromatic carbocycles. The molecule has 33 heavy (non-hydrogen) atoms. The standard InChI is InChI=1S/C25H28ClFN4O2/c1-16-24(26)17(2)31(29-16)21-7-5-19(6-8-21)25(32)28-20-10-12-30(13-11-20)15-18-4-9-23(33-3)22(27)14-18/h4-9,14,20H,10-13,15H2,1-3H3,(H,28,32). The third kappa shape index (κ3) is 5.20. The summed E-state index contributed by atoms with van der Waals surface area (Å²) in [7, 11) is 1.46. The Bertz CT molecular complexity index is 1140. The lowest BCUT2D eigenvalue weighted by molar-refractivity contribution is 0.0909. The first-order chi connectivity index (χ1) is 15.9. The molecule has 0 radical (unpaired) electrons. The van der Waals surface area contributed by atoms with Gasteiger partial charge in [0, 0.05) is 31.2 Å². The highest BCUT2D eigenvalue weighted by Crippen LogP contribution is 2.23. The number of hydrogen-bond acceptors (Lipinski definition) is 4. The molecule has 4 rings (SSSR count). The summed E-state index contributed by atoms with van der Waals surface area (Å²) in [6.45, 7) is 6.15. The van der Waals surface area contributed by atoms with E-state index in [4.69, 9.17) is 16.3 Å². The molecule has 1 aliphatic rings. The van der Waals surface area contributed by atoms with Gasteiger partial charge in [-0.25, -0.2) is 9.07 Å². The van der Waals surface area contributed by atoms with Crippen LogP contribution in [-0.4, -0.2) is 46.8 Å². The monoisotopic (exact) mass is 470 g/mol. The van der Waals surface area contributed by atoms with Gasteiger partial charge in [-0.05, 0) is 68.7 Å². The Labute approximate surface area is 198 Å². The molecule has 6 nitrogen and oxygen atoms in total. The van der Waals surface area contributed by atoms with Crippen LogP contribution in [0.1, 0.15) is 40.2 Å². The van der Waals surface area contributed by atoms with Crippen molar-refractivity contribution in [1.29, 1.82) is 0 Å². The van der Waals surface area contributed by atoms with Crippen LogP contribution in [0.25, 0.3) is 5.69 Å². The summed E-state index contributed by atoms with van der Waals surface area (Å²) < 4.78 is 20.7. The summed E-state index contributed by atoms with van der Waals surface area (Å²) in [6.07, 6.45) is 1.71. The second-order valence-electron chi connectivity index (χ2n) is 8.44. The van der Waals surface area contributed by atoms with E-state index in [-0.39, 0.29) is 23.5 Å².